The molecule has 2 heterocycles. The largest absolute Gasteiger partial charge is 0.490 e. The summed E-state index contributed by atoms with van der Waals surface area (Å²) in [5, 5.41) is 7.65. The number of hydrogen-bond acceptors (Lipinski definition) is 6. The number of ether oxygens (including phenoxy) is 2. The van der Waals surface area contributed by atoms with Crippen LogP contribution in [0.5, 0.6) is 17.4 Å². The van der Waals surface area contributed by atoms with Crippen molar-refractivity contribution in [3.63, 3.8) is 0 Å². The summed E-state index contributed by atoms with van der Waals surface area (Å²) in [6, 6.07) is 11.4. The summed E-state index contributed by atoms with van der Waals surface area (Å²) in [7, 11) is 0. The van der Waals surface area contributed by atoms with E-state index >= 15 is 0 Å². The molecule has 8 heteroatoms. The molecule has 0 saturated carbocycles. The van der Waals surface area contributed by atoms with Crippen molar-refractivity contribution < 1.29 is 9.47 Å². The van der Waals surface area contributed by atoms with E-state index in [1.807, 2.05) is 56.4 Å². The van der Waals surface area contributed by atoms with Crippen molar-refractivity contribution in [1.82, 2.24) is 20.6 Å². The number of thiazole rings is 1. The molecule has 0 aliphatic carbocycles. The molecule has 7 nitrogen and oxygen atoms in total. The van der Waals surface area contributed by atoms with Crippen LogP contribution in [0.3, 0.4) is 0 Å². The Bertz CT molecular complexity index is 972. The highest BCUT2D eigenvalue weighted by molar-refractivity contribution is 7.11. The molecule has 2 aromatic heterocycles. The monoisotopic (exact) mass is 439 g/mol. The Morgan fingerprint density at radius 2 is 1.84 bits per heavy atom. The van der Waals surface area contributed by atoms with E-state index < -0.39 is 0 Å². The molecule has 164 valence electrons. The number of aliphatic imine (C=N–C) groups is 1. The summed E-state index contributed by atoms with van der Waals surface area (Å²) in [5.41, 5.74) is 0.991. The van der Waals surface area contributed by atoms with Gasteiger partial charge in [0.25, 0.3) is 0 Å². The normalized spacial score (nSPS) is 11.3. The van der Waals surface area contributed by atoms with Gasteiger partial charge >= 0.3 is 0 Å². The molecule has 0 saturated heterocycles. The number of para-hydroxylation sites is 2. The van der Waals surface area contributed by atoms with E-state index in [4.69, 9.17) is 9.47 Å². The van der Waals surface area contributed by atoms with Gasteiger partial charge in [0.05, 0.1) is 19.7 Å². The average Bonchev–Trinajstić information content (AvgIpc) is 3.26. The van der Waals surface area contributed by atoms with Crippen LogP contribution in [0.1, 0.15) is 36.2 Å². The smallest absolute Gasteiger partial charge is 0.219 e. The third-order valence-electron chi connectivity index (χ3n) is 4.28. The van der Waals surface area contributed by atoms with Crippen molar-refractivity contribution in [2.45, 2.75) is 40.3 Å². The maximum absolute atomic E-state index is 5.88. The van der Waals surface area contributed by atoms with E-state index in [1.54, 1.807) is 17.5 Å². The maximum atomic E-state index is 5.88. The SMILES string of the molecule is CCNC(=NCc1ccc(Oc2ccccc2OCC)nc1)NCc1ncc(CC)s1. The van der Waals surface area contributed by atoms with Crippen molar-refractivity contribution in [3.8, 4) is 17.4 Å². The van der Waals surface area contributed by atoms with Gasteiger partial charge in [0.2, 0.25) is 5.88 Å². The van der Waals surface area contributed by atoms with Gasteiger partial charge in [-0.05, 0) is 38.0 Å². The standard InChI is InChI=1S/C23H29N5O2S/c1-4-18-15-26-22(31-18)16-28-23(24-5-2)27-14-17-11-12-21(25-13-17)30-20-10-8-7-9-19(20)29-6-3/h7-13,15H,4-6,14,16H2,1-3H3,(H2,24,27,28). The Morgan fingerprint density at radius 1 is 1.00 bits per heavy atom. The topological polar surface area (TPSA) is 80.7 Å². The molecule has 1 aromatic carbocycles. The Balaban J connectivity index is 1.58. The van der Waals surface area contributed by atoms with Crippen molar-refractivity contribution in [2.75, 3.05) is 13.2 Å². The van der Waals surface area contributed by atoms with E-state index in [0.29, 0.717) is 37.1 Å². The number of hydrogen-bond donors (Lipinski definition) is 2. The van der Waals surface area contributed by atoms with Gasteiger partial charge < -0.3 is 20.1 Å². The summed E-state index contributed by atoms with van der Waals surface area (Å²) in [6.45, 7) is 8.66. The van der Waals surface area contributed by atoms with E-state index in [2.05, 4.69) is 32.5 Å². The van der Waals surface area contributed by atoms with E-state index in [0.717, 1.165) is 29.5 Å². The molecule has 0 amide bonds. The van der Waals surface area contributed by atoms with Gasteiger partial charge in [-0.25, -0.2) is 15.0 Å². The first-order valence-electron chi connectivity index (χ1n) is 10.5. The van der Waals surface area contributed by atoms with Crippen LogP contribution in [-0.2, 0) is 19.5 Å². The molecule has 31 heavy (non-hydrogen) atoms. The first-order valence-corrected chi connectivity index (χ1v) is 11.3. The molecule has 3 aromatic rings. The quantitative estimate of drug-likeness (QED) is 0.356. The summed E-state index contributed by atoms with van der Waals surface area (Å²) < 4.78 is 11.5. The van der Waals surface area contributed by atoms with Crippen molar-refractivity contribution in [2.24, 2.45) is 4.99 Å². The Labute approximate surface area is 187 Å². The molecular weight excluding hydrogens is 410 g/mol. The number of aromatic nitrogens is 2. The van der Waals surface area contributed by atoms with Gasteiger partial charge in [-0.15, -0.1) is 11.3 Å². The van der Waals surface area contributed by atoms with Crippen LogP contribution in [0.2, 0.25) is 0 Å². The zero-order valence-electron chi connectivity index (χ0n) is 18.2. The molecule has 0 spiro atoms. The van der Waals surface area contributed by atoms with Gasteiger partial charge in [0.1, 0.15) is 5.01 Å². The molecule has 0 aliphatic heterocycles. The Kier molecular flexibility index (Phi) is 8.66. The number of aryl methyl sites for hydroxylation is 1. The average molecular weight is 440 g/mol. The van der Waals surface area contributed by atoms with Crippen molar-refractivity contribution in [3.05, 3.63) is 64.2 Å². The van der Waals surface area contributed by atoms with Gasteiger partial charge in [0, 0.05) is 29.9 Å². The third kappa shape index (κ3) is 6.96. The lowest BCUT2D eigenvalue weighted by molar-refractivity contribution is 0.319. The zero-order valence-corrected chi connectivity index (χ0v) is 19.0. The van der Waals surface area contributed by atoms with Crippen LogP contribution < -0.4 is 20.1 Å². The van der Waals surface area contributed by atoms with E-state index in [-0.39, 0.29) is 0 Å². The van der Waals surface area contributed by atoms with Crippen molar-refractivity contribution in [1.29, 1.82) is 0 Å². The third-order valence-corrected chi connectivity index (χ3v) is 5.42. The van der Waals surface area contributed by atoms with Crippen molar-refractivity contribution >= 4 is 17.3 Å². The molecule has 0 fully saturated rings. The van der Waals surface area contributed by atoms with Crippen LogP contribution in [0.15, 0.2) is 53.8 Å². The lowest BCUT2D eigenvalue weighted by Crippen LogP contribution is -2.36. The summed E-state index contributed by atoms with van der Waals surface area (Å²) in [4.78, 5) is 14.8. The fraction of sp³-hybridized carbons (Fsp3) is 0.348. The maximum Gasteiger partial charge on any atom is 0.219 e. The second kappa shape index (κ2) is 11.9. The number of nitrogens with one attached hydrogen (secondary N) is 2. The van der Waals surface area contributed by atoms with Gasteiger partial charge in [-0.2, -0.15) is 0 Å². The number of rotatable bonds is 10. The molecule has 2 N–H and O–H groups in total. The molecule has 3 rings (SSSR count). The molecule has 0 bridgehead atoms. The van der Waals surface area contributed by atoms with Gasteiger partial charge in [-0.1, -0.05) is 25.1 Å². The predicted molar refractivity (Wildman–Crippen MR) is 125 cm³/mol. The highest BCUT2D eigenvalue weighted by Gasteiger charge is 2.07. The summed E-state index contributed by atoms with van der Waals surface area (Å²) >= 11 is 1.72. The van der Waals surface area contributed by atoms with E-state index in [1.165, 1.54) is 4.88 Å². The molecule has 0 atom stereocenters. The summed E-state index contributed by atoms with van der Waals surface area (Å²) in [6.07, 6.45) is 4.73. The minimum absolute atomic E-state index is 0.510. The Morgan fingerprint density at radius 3 is 2.52 bits per heavy atom. The second-order valence-corrected chi connectivity index (χ2v) is 7.81. The number of benzene rings is 1. The number of pyridine rings is 1. The molecule has 0 unspecified atom stereocenters. The van der Waals surface area contributed by atoms with Crippen LogP contribution in [0.25, 0.3) is 0 Å². The molecule has 0 aliphatic rings. The van der Waals surface area contributed by atoms with E-state index in [9.17, 15) is 0 Å². The summed E-state index contributed by atoms with van der Waals surface area (Å²) in [5.74, 6) is 2.62. The first kappa shape index (κ1) is 22.6. The minimum atomic E-state index is 0.510. The fourth-order valence-electron chi connectivity index (χ4n) is 2.75. The van der Waals surface area contributed by atoms with Crippen LogP contribution in [0, 0.1) is 0 Å². The van der Waals surface area contributed by atoms with Crippen LogP contribution in [0.4, 0.5) is 0 Å². The van der Waals surface area contributed by atoms with Gasteiger partial charge in [0.15, 0.2) is 17.5 Å². The number of guanidine groups is 1. The predicted octanol–water partition coefficient (Wildman–Crippen LogP) is 4.55. The minimum Gasteiger partial charge on any atom is -0.490 e. The highest BCUT2D eigenvalue weighted by Crippen LogP contribution is 2.30. The van der Waals surface area contributed by atoms with Gasteiger partial charge in [-0.3, -0.25) is 0 Å². The Hall–Kier alpha value is -3.13. The van der Waals surface area contributed by atoms with Crippen LogP contribution in [-0.4, -0.2) is 29.1 Å². The molecular formula is C23H29N5O2S. The first-order chi connectivity index (χ1) is 15.2. The second-order valence-electron chi connectivity index (χ2n) is 6.61. The number of nitrogens with zero attached hydrogens (tertiary/aromatic N) is 3. The fourth-order valence-corrected chi connectivity index (χ4v) is 3.55. The lowest BCUT2D eigenvalue weighted by atomic mass is 10.3. The highest BCUT2D eigenvalue weighted by atomic mass is 32.1. The zero-order chi connectivity index (χ0) is 21.9. The lowest BCUT2D eigenvalue weighted by Gasteiger charge is -2.11. The van der Waals surface area contributed by atoms with Crippen LogP contribution >= 0.6 is 11.3 Å². The molecule has 0 radical (unpaired) electrons.